The summed E-state index contributed by atoms with van der Waals surface area (Å²) in [6.45, 7) is 3.79. The largest absolute Gasteiger partial charge is 0.375 e. The molecule has 4 nitrogen and oxygen atoms in total. The molecule has 1 aliphatic carbocycles. The highest BCUT2D eigenvalue weighted by Gasteiger charge is 2.33. The molecule has 2 rings (SSSR count). The third-order valence-corrected chi connectivity index (χ3v) is 3.07. The van der Waals surface area contributed by atoms with Gasteiger partial charge in [0.2, 0.25) is 0 Å². The topological polar surface area (TPSA) is 50.4 Å². The van der Waals surface area contributed by atoms with Crippen LogP contribution in [0.15, 0.2) is 30.3 Å². The molecule has 18 heavy (non-hydrogen) atoms. The van der Waals surface area contributed by atoms with Crippen molar-refractivity contribution < 1.29 is 9.53 Å². The predicted octanol–water partition coefficient (Wildman–Crippen LogP) is 1.91. The van der Waals surface area contributed by atoms with Crippen molar-refractivity contribution in [3.63, 3.8) is 0 Å². The summed E-state index contributed by atoms with van der Waals surface area (Å²) in [7, 11) is 0. The average Bonchev–Trinajstić information content (AvgIpc) is 3.05. The molecule has 0 aromatic heterocycles. The molecule has 0 unspecified atom stereocenters. The fraction of sp³-hybridized carbons (Fsp3) is 0.500. The van der Waals surface area contributed by atoms with E-state index >= 15 is 0 Å². The fourth-order valence-electron chi connectivity index (χ4n) is 1.74. The molecule has 1 fully saturated rings. The van der Waals surface area contributed by atoms with Crippen LogP contribution < -0.4 is 10.6 Å². The molecule has 1 aromatic rings. The lowest BCUT2D eigenvalue weighted by Crippen LogP contribution is -2.38. The summed E-state index contributed by atoms with van der Waals surface area (Å²) < 4.78 is 5.47. The van der Waals surface area contributed by atoms with Gasteiger partial charge >= 0.3 is 6.03 Å². The number of rotatable bonds is 6. The smallest absolute Gasteiger partial charge is 0.315 e. The zero-order chi connectivity index (χ0) is 12.8. The number of nitrogens with one attached hydrogen (secondary N) is 2. The van der Waals surface area contributed by atoms with Crippen molar-refractivity contribution >= 4 is 6.03 Å². The molecule has 0 spiro atoms. The molecule has 0 heterocycles. The van der Waals surface area contributed by atoms with Crippen LogP contribution in [-0.2, 0) is 11.3 Å². The van der Waals surface area contributed by atoms with Crippen LogP contribution in [0.4, 0.5) is 4.79 Å². The first-order valence-electron chi connectivity index (χ1n) is 6.42. The molecule has 0 bridgehead atoms. The molecule has 0 radical (unpaired) electrons. The zero-order valence-electron chi connectivity index (χ0n) is 10.7. The van der Waals surface area contributed by atoms with Crippen LogP contribution in [0, 0.1) is 5.92 Å². The molecular formula is C14H20N2O2. The third kappa shape index (κ3) is 4.37. The first-order valence-corrected chi connectivity index (χ1v) is 6.42. The molecule has 0 saturated heterocycles. The first-order chi connectivity index (χ1) is 8.75. The van der Waals surface area contributed by atoms with E-state index in [4.69, 9.17) is 4.74 Å². The Morgan fingerprint density at radius 2 is 2.11 bits per heavy atom. The van der Waals surface area contributed by atoms with Gasteiger partial charge in [0, 0.05) is 12.6 Å². The van der Waals surface area contributed by atoms with Crippen molar-refractivity contribution in [1.82, 2.24) is 10.6 Å². The summed E-state index contributed by atoms with van der Waals surface area (Å²) in [5.41, 5.74) is 1.15. The van der Waals surface area contributed by atoms with Gasteiger partial charge in [-0.3, -0.25) is 0 Å². The number of amides is 2. The summed E-state index contributed by atoms with van der Waals surface area (Å²) in [4.78, 5) is 11.4. The Labute approximate surface area is 108 Å². The van der Waals surface area contributed by atoms with E-state index in [1.165, 1.54) is 0 Å². The van der Waals surface area contributed by atoms with Crippen molar-refractivity contribution in [2.24, 2.45) is 5.92 Å². The van der Waals surface area contributed by atoms with E-state index < -0.39 is 0 Å². The number of hydrogen-bond acceptors (Lipinski definition) is 2. The van der Waals surface area contributed by atoms with Gasteiger partial charge in [-0.15, -0.1) is 0 Å². The van der Waals surface area contributed by atoms with E-state index in [1.54, 1.807) is 0 Å². The van der Waals surface area contributed by atoms with Crippen LogP contribution in [0.25, 0.3) is 0 Å². The molecular weight excluding hydrogens is 228 g/mol. The molecule has 2 atom stereocenters. The standard InChI is InChI=1S/C14H20N2O2/c1-11-9-13(11)16-14(17)15-7-8-18-10-12-5-3-2-4-6-12/h2-6,11,13H,7-10H2,1H3,(H2,15,16,17)/t11-,13-/m0/s1. The lowest BCUT2D eigenvalue weighted by atomic mass is 10.2. The Kier molecular flexibility index (Phi) is 4.59. The van der Waals surface area contributed by atoms with Crippen molar-refractivity contribution in [2.45, 2.75) is 26.0 Å². The van der Waals surface area contributed by atoms with E-state index in [1.807, 2.05) is 30.3 Å². The predicted molar refractivity (Wildman–Crippen MR) is 70.2 cm³/mol. The van der Waals surface area contributed by atoms with Gasteiger partial charge in [0.15, 0.2) is 0 Å². The van der Waals surface area contributed by atoms with E-state index in [2.05, 4.69) is 17.6 Å². The molecule has 2 amide bonds. The van der Waals surface area contributed by atoms with E-state index in [9.17, 15) is 4.79 Å². The highest BCUT2D eigenvalue weighted by atomic mass is 16.5. The SMILES string of the molecule is C[C@H]1C[C@@H]1NC(=O)NCCOCc1ccccc1. The van der Waals surface area contributed by atoms with E-state index in [0.29, 0.717) is 31.7 Å². The van der Waals surface area contributed by atoms with Gasteiger partial charge in [-0.1, -0.05) is 37.3 Å². The van der Waals surface area contributed by atoms with Crippen LogP contribution in [-0.4, -0.2) is 25.2 Å². The molecule has 1 aromatic carbocycles. The van der Waals surface area contributed by atoms with Gasteiger partial charge in [-0.05, 0) is 17.9 Å². The van der Waals surface area contributed by atoms with Crippen LogP contribution in [0.1, 0.15) is 18.9 Å². The summed E-state index contributed by atoms with van der Waals surface area (Å²) in [5.74, 6) is 0.630. The summed E-state index contributed by atoms with van der Waals surface area (Å²) in [5, 5.41) is 5.69. The molecule has 0 aliphatic heterocycles. The summed E-state index contributed by atoms with van der Waals surface area (Å²) in [6.07, 6.45) is 1.10. The van der Waals surface area contributed by atoms with Gasteiger partial charge in [-0.25, -0.2) is 4.79 Å². The fourth-order valence-corrected chi connectivity index (χ4v) is 1.74. The third-order valence-electron chi connectivity index (χ3n) is 3.07. The second-order valence-electron chi connectivity index (χ2n) is 4.76. The van der Waals surface area contributed by atoms with Crippen LogP contribution in [0.2, 0.25) is 0 Å². The minimum Gasteiger partial charge on any atom is -0.375 e. The van der Waals surface area contributed by atoms with Crippen molar-refractivity contribution in [3.8, 4) is 0 Å². The molecule has 1 saturated carbocycles. The minimum absolute atomic E-state index is 0.0901. The molecule has 4 heteroatoms. The number of benzene rings is 1. The van der Waals surface area contributed by atoms with Gasteiger partial charge in [0.1, 0.15) is 0 Å². The number of urea groups is 1. The molecule has 2 N–H and O–H groups in total. The first kappa shape index (κ1) is 12.9. The summed E-state index contributed by atoms with van der Waals surface area (Å²) >= 11 is 0. The lowest BCUT2D eigenvalue weighted by molar-refractivity contribution is 0.123. The van der Waals surface area contributed by atoms with Crippen LogP contribution in [0.5, 0.6) is 0 Å². The number of carbonyl (C=O) groups is 1. The number of hydrogen-bond donors (Lipinski definition) is 2. The van der Waals surface area contributed by atoms with E-state index in [-0.39, 0.29) is 6.03 Å². The quantitative estimate of drug-likeness (QED) is 0.756. The van der Waals surface area contributed by atoms with Crippen molar-refractivity contribution in [3.05, 3.63) is 35.9 Å². The highest BCUT2D eigenvalue weighted by Crippen LogP contribution is 2.28. The average molecular weight is 248 g/mol. The highest BCUT2D eigenvalue weighted by molar-refractivity contribution is 5.74. The maximum absolute atomic E-state index is 11.4. The Bertz CT molecular complexity index is 381. The Hall–Kier alpha value is -1.55. The maximum Gasteiger partial charge on any atom is 0.315 e. The number of carbonyl (C=O) groups excluding carboxylic acids is 1. The second kappa shape index (κ2) is 6.40. The van der Waals surface area contributed by atoms with Gasteiger partial charge in [0.25, 0.3) is 0 Å². The summed E-state index contributed by atoms with van der Waals surface area (Å²) in [6, 6.07) is 10.3. The van der Waals surface area contributed by atoms with Crippen LogP contribution in [0.3, 0.4) is 0 Å². The van der Waals surface area contributed by atoms with Gasteiger partial charge < -0.3 is 15.4 Å². The number of ether oxygens (including phenoxy) is 1. The molecule has 98 valence electrons. The van der Waals surface area contributed by atoms with E-state index in [0.717, 1.165) is 12.0 Å². The minimum atomic E-state index is -0.0901. The Morgan fingerprint density at radius 3 is 2.78 bits per heavy atom. The molecule has 1 aliphatic rings. The Morgan fingerprint density at radius 1 is 1.39 bits per heavy atom. The normalized spacial score (nSPS) is 21.4. The second-order valence-corrected chi connectivity index (χ2v) is 4.76. The van der Waals surface area contributed by atoms with Gasteiger partial charge in [0.05, 0.1) is 13.2 Å². The monoisotopic (exact) mass is 248 g/mol. The maximum atomic E-state index is 11.4. The van der Waals surface area contributed by atoms with Crippen LogP contribution >= 0.6 is 0 Å². The lowest BCUT2D eigenvalue weighted by Gasteiger charge is -2.07. The Balaban J connectivity index is 1.49. The zero-order valence-corrected chi connectivity index (χ0v) is 10.7. The van der Waals surface area contributed by atoms with Crippen molar-refractivity contribution in [2.75, 3.05) is 13.2 Å². The van der Waals surface area contributed by atoms with Crippen molar-refractivity contribution in [1.29, 1.82) is 0 Å². The van der Waals surface area contributed by atoms with Gasteiger partial charge in [-0.2, -0.15) is 0 Å².